The summed E-state index contributed by atoms with van der Waals surface area (Å²) in [4.78, 5) is 23.4. The van der Waals surface area contributed by atoms with E-state index in [2.05, 4.69) is 43.5 Å². The molecule has 0 bridgehead atoms. The second kappa shape index (κ2) is 62.3. The fourth-order valence-corrected chi connectivity index (χ4v) is 11.6. The average Bonchev–Trinajstić information content (AvgIpc) is 3.42. The Morgan fingerprint density at radius 1 is 0.412 bits per heavy atom. The number of nitrogens with one attached hydrogen (secondary N) is 1. The van der Waals surface area contributed by atoms with E-state index in [4.69, 9.17) is 9.05 Å². The minimum absolute atomic E-state index is 0.0583. The standard InChI is InChI=1S/C71H139N2O6P/c1-6-8-10-12-14-16-18-20-22-24-25-26-27-28-29-30-31-32-33-34-35-36-37-38-39-40-41-42-43-44-45-46-47-49-51-53-55-57-59-61-63-65-71(75)72-69(68-79-80(76,77)78-67-66-73(3,4)5)70(74)64-62-60-58-56-54-52-50-48-23-21-19-17-15-13-11-9-7-2/h24-25,54,56,62,64,69-70,74H,6-23,26-53,55,57-61,63,65-68H2,1-5H3,(H-,72,75,76,77)/p+1/b25-24-,56-54+,64-62+. The third-order valence-electron chi connectivity index (χ3n) is 16.3. The molecule has 0 aromatic rings. The summed E-state index contributed by atoms with van der Waals surface area (Å²) in [7, 11) is 1.57. The molecule has 3 unspecified atom stereocenters. The summed E-state index contributed by atoms with van der Waals surface area (Å²) in [6, 6.07) is -0.862. The van der Waals surface area contributed by atoms with Crippen LogP contribution in [0.3, 0.4) is 0 Å². The number of hydrogen-bond acceptors (Lipinski definition) is 5. The number of amides is 1. The monoisotopic (exact) mass is 1150 g/mol. The lowest BCUT2D eigenvalue weighted by molar-refractivity contribution is -0.870. The van der Waals surface area contributed by atoms with Gasteiger partial charge in [0, 0.05) is 6.42 Å². The minimum atomic E-state index is -4.36. The Labute approximate surface area is 499 Å². The minimum Gasteiger partial charge on any atom is -0.387 e. The second-order valence-corrected chi connectivity index (χ2v) is 27.1. The number of hydrogen-bond donors (Lipinski definition) is 3. The lowest BCUT2D eigenvalue weighted by atomic mass is 10.0. The first-order valence-electron chi connectivity index (χ1n) is 35.4. The molecule has 0 radical (unpaired) electrons. The lowest BCUT2D eigenvalue weighted by Gasteiger charge is -2.25. The smallest absolute Gasteiger partial charge is 0.387 e. The van der Waals surface area contributed by atoms with Gasteiger partial charge >= 0.3 is 7.82 Å². The Morgan fingerprint density at radius 2 is 0.688 bits per heavy atom. The van der Waals surface area contributed by atoms with E-state index in [1.165, 1.54) is 302 Å². The predicted molar refractivity (Wildman–Crippen MR) is 351 cm³/mol. The third-order valence-corrected chi connectivity index (χ3v) is 17.3. The van der Waals surface area contributed by atoms with Gasteiger partial charge in [-0.2, -0.15) is 0 Å². The zero-order valence-corrected chi connectivity index (χ0v) is 55.2. The zero-order valence-electron chi connectivity index (χ0n) is 54.3. The quantitative estimate of drug-likeness (QED) is 0.0243. The van der Waals surface area contributed by atoms with Crippen LogP contribution in [0.1, 0.15) is 361 Å². The third kappa shape index (κ3) is 64.3. The largest absolute Gasteiger partial charge is 0.472 e. The fraction of sp³-hybridized carbons (Fsp3) is 0.901. The van der Waals surface area contributed by atoms with Gasteiger partial charge in [-0.15, -0.1) is 0 Å². The van der Waals surface area contributed by atoms with Gasteiger partial charge in [0.15, 0.2) is 0 Å². The van der Waals surface area contributed by atoms with Gasteiger partial charge in [-0.05, 0) is 57.8 Å². The molecular formula is C71H140N2O6P+. The van der Waals surface area contributed by atoms with Gasteiger partial charge in [0.2, 0.25) is 5.91 Å². The number of aliphatic hydroxyl groups is 1. The van der Waals surface area contributed by atoms with E-state index in [1.807, 2.05) is 27.2 Å². The molecule has 0 aromatic carbocycles. The molecule has 0 rings (SSSR count). The molecule has 1 amide bonds. The first kappa shape index (κ1) is 78.7. The van der Waals surface area contributed by atoms with Crippen LogP contribution in [0.5, 0.6) is 0 Å². The molecule has 0 aliphatic rings. The molecule has 0 fully saturated rings. The summed E-state index contributed by atoms with van der Waals surface area (Å²) in [6.07, 6.45) is 83.2. The van der Waals surface area contributed by atoms with Gasteiger partial charge in [0.05, 0.1) is 39.9 Å². The van der Waals surface area contributed by atoms with Crippen molar-refractivity contribution < 1.29 is 32.9 Å². The number of carbonyl (C=O) groups excluding carboxylic acids is 1. The van der Waals surface area contributed by atoms with Crippen LogP contribution in [-0.4, -0.2) is 73.4 Å². The molecule has 0 heterocycles. The number of nitrogens with zero attached hydrogens (tertiary/aromatic N) is 1. The molecule has 0 saturated carbocycles. The number of unbranched alkanes of at least 4 members (excludes halogenated alkanes) is 49. The SMILES string of the molecule is CCCCCCCCCC/C=C\CCCCCCCCCCCCCCCCCCCCCCCCCCCCCCCC(=O)NC(COP(=O)(O)OCC[N+](C)(C)C)C(O)/C=C/CC/C=C/CCCCCCCCCCCCC. The molecule has 3 N–H and O–H groups in total. The molecule has 8 nitrogen and oxygen atoms in total. The number of carbonyl (C=O) groups is 1. The maximum absolute atomic E-state index is 13.0. The number of phosphoric ester groups is 1. The van der Waals surface area contributed by atoms with Crippen molar-refractivity contribution in [2.45, 2.75) is 373 Å². The molecular weight excluding hydrogens is 1010 g/mol. The molecule has 0 aliphatic heterocycles. The van der Waals surface area contributed by atoms with Crippen LogP contribution in [-0.2, 0) is 18.4 Å². The van der Waals surface area contributed by atoms with E-state index in [1.54, 1.807) is 6.08 Å². The predicted octanol–water partition coefficient (Wildman–Crippen LogP) is 22.4. The highest BCUT2D eigenvalue weighted by atomic mass is 31.2. The summed E-state index contributed by atoms with van der Waals surface area (Å²) in [5.41, 5.74) is 0. The average molecular weight is 1150 g/mol. The normalized spacial score (nSPS) is 13.8. The second-order valence-electron chi connectivity index (χ2n) is 25.6. The van der Waals surface area contributed by atoms with Gasteiger partial charge in [-0.25, -0.2) is 4.57 Å². The maximum Gasteiger partial charge on any atom is 0.472 e. The van der Waals surface area contributed by atoms with Crippen LogP contribution in [0.2, 0.25) is 0 Å². The van der Waals surface area contributed by atoms with Crippen molar-refractivity contribution in [1.82, 2.24) is 5.32 Å². The first-order chi connectivity index (χ1) is 39.0. The summed E-state index contributed by atoms with van der Waals surface area (Å²) >= 11 is 0. The number of allylic oxidation sites excluding steroid dienone is 5. The van der Waals surface area contributed by atoms with Crippen molar-refractivity contribution in [1.29, 1.82) is 0 Å². The van der Waals surface area contributed by atoms with Crippen molar-refractivity contribution in [3.05, 3.63) is 36.5 Å². The Kier molecular flexibility index (Phi) is 61.3. The summed E-state index contributed by atoms with van der Waals surface area (Å²) < 4.78 is 23.7. The highest BCUT2D eigenvalue weighted by Crippen LogP contribution is 2.43. The van der Waals surface area contributed by atoms with E-state index >= 15 is 0 Å². The van der Waals surface area contributed by atoms with Crippen molar-refractivity contribution in [2.24, 2.45) is 0 Å². The van der Waals surface area contributed by atoms with Gasteiger partial charge in [0.25, 0.3) is 0 Å². The Bertz CT molecular complexity index is 1400. The summed E-state index contributed by atoms with van der Waals surface area (Å²) in [5, 5.41) is 13.9. The Balaban J connectivity index is 3.87. The van der Waals surface area contributed by atoms with Crippen LogP contribution in [0.25, 0.3) is 0 Å². The van der Waals surface area contributed by atoms with E-state index in [0.29, 0.717) is 17.4 Å². The van der Waals surface area contributed by atoms with E-state index in [-0.39, 0.29) is 19.1 Å². The molecule has 80 heavy (non-hydrogen) atoms. The van der Waals surface area contributed by atoms with E-state index in [9.17, 15) is 19.4 Å². The highest BCUT2D eigenvalue weighted by molar-refractivity contribution is 7.47. The van der Waals surface area contributed by atoms with Crippen molar-refractivity contribution >= 4 is 13.7 Å². The number of aliphatic hydroxyl groups excluding tert-OH is 1. The molecule has 0 saturated heterocycles. The molecule has 9 heteroatoms. The summed E-state index contributed by atoms with van der Waals surface area (Å²) in [6.45, 7) is 4.84. The zero-order chi connectivity index (χ0) is 58.4. The van der Waals surface area contributed by atoms with Crippen molar-refractivity contribution in [3.63, 3.8) is 0 Å². The van der Waals surface area contributed by atoms with E-state index in [0.717, 1.165) is 38.5 Å². The van der Waals surface area contributed by atoms with Crippen molar-refractivity contribution in [3.8, 4) is 0 Å². The van der Waals surface area contributed by atoms with Crippen LogP contribution in [0, 0.1) is 0 Å². The van der Waals surface area contributed by atoms with Gasteiger partial charge < -0.3 is 19.8 Å². The van der Waals surface area contributed by atoms with Crippen LogP contribution < -0.4 is 5.32 Å². The topological polar surface area (TPSA) is 105 Å². The molecule has 0 aliphatic carbocycles. The first-order valence-corrected chi connectivity index (χ1v) is 36.9. The number of quaternary nitrogens is 1. The van der Waals surface area contributed by atoms with Crippen LogP contribution >= 0.6 is 7.82 Å². The molecule has 474 valence electrons. The molecule has 0 spiro atoms. The number of likely N-dealkylation sites (N-methyl/N-ethyl adjacent to an activating group) is 1. The fourth-order valence-electron chi connectivity index (χ4n) is 10.8. The van der Waals surface area contributed by atoms with Crippen LogP contribution in [0.4, 0.5) is 0 Å². The highest BCUT2D eigenvalue weighted by Gasteiger charge is 2.28. The molecule has 3 atom stereocenters. The molecule has 0 aromatic heterocycles. The van der Waals surface area contributed by atoms with Gasteiger partial charge in [-0.3, -0.25) is 13.8 Å². The Morgan fingerprint density at radius 3 is 1.00 bits per heavy atom. The van der Waals surface area contributed by atoms with E-state index < -0.39 is 20.0 Å². The summed E-state index contributed by atoms with van der Waals surface area (Å²) in [5.74, 6) is -0.180. The van der Waals surface area contributed by atoms with Gasteiger partial charge in [-0.1, -0.05) is 333 Å². The Hall–Kier alpha value is -1.28. The number of phosphoric acid groups is 1. The number of rotatable bonds is 66. The van der Waals surface area contributed by atoms with Gasteiger partial charge in [0.1, 0.15) is 13.2 Å². The maximum atomic E-state index is 13.0. The van der Waals surface area contributed by atoms with Crippen molar-refractivity contribution in [2.75, 3.05) is 40.9 Å². The lowest BCUT2D eigenvalue weighted by Crippen LogP contribution is -2.45. The van der Waals surface area contributed by atoms with Crippen LogP contribution in [0.15, 0.2) is 36.5 Å².